The van der Waals surface area contributed by atoms with Crippen LogP contribution in [0.2, 0.25) is 0 Å². The second kappa shape index (κ2) is 56.1. The largest absolute Gasteiger partial charge is 0 e. The first-order chi connectivity index (χ1) is 0. The van der Waals surface area contributed by atoms with Crippen LogP contribution in [0.3, 0.4) is 0 Å². The van der Waals surface area contributed by atoms with Crippen LogP contribution in [-0.2, 0) is 119 Å². The van der Waals surface area contributed by atoms with Gasteiger partial charge in [0.05, 0.1) is 0 Å². The third-order valence-electron chi connectivity index (χ3n) is 0. The van der Waals surface area contributed by atoms with Crippen molar-refractivity contribution in [3.8, 4) is 0 Å². The maximum absolute atomic E-state index is 0. The SMILES string of the molecule is [Cu].[Cu].[Cu].[Cu].[Cu].[Cu].[Cu].[K]. The van der Waals surface area contributed by atoms with Gasteiger partial charge in [-0.25, -0.2) is 0 Å². The number of rotatable bonds is 0. The van der Waals surface area contributed by atoms with Gasteiger partial charge in [0.25, 0.3) is 0 Å². The Hall–Kier alpha value is 5.27. The van der Waals surface area contributed by atoms with E-state index >= 15 is 0 Å². The monoisotopic (exact) mass is 479 g/mol. The third-order valence-corrected chi connectivity index (χ3v) is 0. The molecule has 0 aliphatic carbocycles. The molecule has 8 radical (unpaired) electrons. The molecule has 0 aliphatic rings. The van der Waals surface area contributed by atoms with Crippen LogP contribution in [0.4, 0.5) is 0 Å². The van der Waals surface area contributed by atoms with E-state index in [-0.39, 0.29) is 171 Å². The van der Waals surface area contributed by atoms with Gasteiger partial charge in [-0.3, -0.25) is 0 Å². The molecule has 78 valence electrons. The number of hydrogen-bond donors (Lipinski definition) is 0. The molecule has 0 atom stereocenters. The van der Waals surface area contributed by atoms with E-state index < -0.39 is 0 Å². The van der Waals surface area contributed by atoms with Gasteiger partial charge in [0, 0.05) is 171 Å². The first-order valence-electron chi connectivity index (χ1n) is 0. The average Bonchev–Trinajstić information content (AvgIpc) is 0. The molecule has 0 amide bonds. The van der Waals surface area contributed by atoms with Gasteiger partial charge in [-0.1, -0.05) is 0 Å². The molecular formula is Cu7K. The Kier molecular flexibility index (Phi) is 504. The minimum atomic E-state index is 0. The molecule has 8 heteroatoms. The average molecular weight is 484 g/mol. The van der Waals surface area contributed by atoms with Crippen LogP contribution in [0.15, 0.2) is 0 Å². The molecule has 8 heavy (non-hydrogen) atoms. The summed E-state index contributed by atoms with van der Waals surface area (Å²) in [6.45, 7) is 0. The van der Waals surface area contributed by atoms with Gasteiger partial charge >= 0.3 is 0 Å². The minimum Gasteiger partial charge on any atom is 0 e. The standard InChI is InChI=1S/7Cu.K. The van der Waals surface area contributed by atoms with E-state index in [1.54, 1.807) is 0 Å². The second-order valence-corrected chi connectivity index (χ2v) is 0. The van der Waals surface area contributed by atoms with Crippen molar-refractivity contribution in [1.82, 2.24) is 0 Å². The van der Waals surface area contributed by atoms with E-state index in [4.69, 9.17) is 0 Å². The maximum atomic E-state index is 0. The molecule has 0 aromatic carbocycles. The summed E-state index contributed by atoms with van der Waals surface area (Å²) in [5, 5.41) is 0. The van der Waals surface area contributed by atoms with Crippen LogP contribution < -0.4 is 0 Å². The molecule has 0 rings (SSSR count). The van der Waals surface area contributed by atoms with Crippen LogP contribution in [-0.4, -0.2) is 51.4 Å². The first kappa shape index (κ1) is 71.9. The Bertz CT molecular complexity index is 4.35. The summed E-state index contributed by atoms with van der Waals surface area (Å²) < 4.78 is 0. The zero-order chi connectivity index (χ0) is 0. The van der Waals surface area contributed by atoms with E-state index in [1.807, 2.05) is 0 Å². The smallest absolute Gasteiger partial charge is 0 e. The van der Waals surface area contributed by atoms with Gasteiger partial charge in [0.15, 0.2) is 0 Å². The van der Waals surface area contributed by atoms with Gasteiger partial charge in [-0.2, -0.15) is 0 Å². The fraction of sp³-hybridized carbons (Fsp3) is 0. The summed E-state index contributed by atoms with van der Waals surface area (Å²) in [7, 11) is 0. The fourth-order valence-electron chi connectivity index (χ4n) is 0. The van der Waals surface area contributed by atoms with Crippen molar-refractivity contribution in [1.29, 1.82) is 0 Å². The Morgan fingerprint density at radius 1 is 0.250 bits per heavy atom. The van der Waals surface area contributed by atoms with E-state index in [9.17, 15) is 0 Å². The topological polar surface area (TPSA) is 0 Å². The first-order valence-corrected chi connectivity index (χ1v) is 0. The molecule has 0 bridgehead atoms. The molecule has 0 spiro atoms. The Labute approximate surface area is 166 Å². The summed E-state index contributed by atoms with van der Waals surface area (Å²) in [5.74, 6) is 0. The molecular weight excluding hydrogens is 484 g/mol. The van der Waals surface area contributed by atoms with E-state index in [0.717, 1.165) is 0 Å². The third kappa shape index (κ3) is 42.8. The molecule has 0 aromatic rings. The molecule has 0 saturated carbocycles. The molecule has 0 unspecified atom stereocenters. The minimum absolute atomic E-state index is 0. The molecule has 0 nitrogen and oxygen atoms in total. The molecule has 0 aromatic heterocycles. The molecule has 0 saturated heterocycles. The molecule has 0 fully saturated rings. The summed E-state index contributed by atoms with van der Waals surface area (Å²) >= 11 is 0. The van der Waals surface area contributed by atoms with Gasteiger partial charge < -0.3 is 0 Å². The van der Waals surface area contributed by atoms with Crippen LogP contribution in [0.25, 0.3) is 0 Å². The van der Waals surface area contributed by atoms with Crippen molar-refractivity contribution in [2.24, 2.45) is 0 Å². The van der Waals surface area contributed by atoms with Crippen LogP contribution >= 0.6 is 0 Å². The Balaban J connectivity index is 0. The summed E-state index contributed by atoms with van der Waals surface area (Å²) in [5.41, 5.74) is 0. The van der Waals surface area contributed by atoms with Crippen molar-refractivity contribution in [2.45, 2.75) is 0 Å². The van der Waals surface area contributed by atoms with E-state index in [1.165, 1.54) is 0 Å². The van der Waals surface area contributed by atoms with Gasteiger partial charge in [0.1, 0.15) is 0 Å². The quantitative estimate of drug-likeness (QED) is 0.412. The van der Waals surface area contributed by atoms with Gasteiger partial charge in [0.2, 0.25) is 0 Å². The predicted molar refractivity (Wildman–Crippen MR) is 5.75 cm³/mol. The molecule has 0 heterocycles. The van der Waals surface area contributed by atoms with Crippen molar-refractivity contribution in [2.75, 3.05) is 0 Å². The van der Waals surface area contributed by atoms with Crippen molar-refractivity contribution >= 4 is 51.4 Å². The summed E-state index contributed by atoms with van der Waals surface area (Å²) in [6.07, 6.45) is 0. The van der Waals surface area contributed by atoms with Gasteiger partial charge in [-0.15, -0.1) is 0 Å². The van der Waals surface area contributed by atoms with Crippen molar-refractivity contribution < 1.29 is 119 Å². The summed E-state index contributed by atoms with van der Waals surface area (Å²) in [6, 6.07) is 0. The van der Waals surface area contributed by atoms with Crippen molar-refractivity contribution in [3.05, 3.63) is 0 Å². The van der Waals surface area contributed by atoms with Crippen LogP contribution in [0, 0.1) is 0 Å². The van der Waals surface area contributed by atoms with Gasteiger partial charge in [-0.05, 0) is 0 Å². The van der Waals surface area contributed by atoms with E-state index in [2.05, 4.69) is 0 Å². The van der Waals surface area contributed by atoms with Crippen molar-refractivity contribution in [3.63, 3.8) is 0 Å². The predicted octanol–water partition coefficient (Wildman–Crippen LogP) is -0.398. The molecule has 0 N–H and O–H groups in total. The fourth-order valence-corrected chi connectivity index (χ4v) is 0. The Morgan fingerprint density at radius 3 is 0.250 bits per heavy atom. The maximum Gasteiger partial charge on any atom is 0 e. The molecule has 0 aliphatic heterocycles. The van der Waals surface area contributed by atoms with E-state index in [0.29, 0.717) is 0 Å². The summed E-state index contributed by atoms with van der Waals surface area (Å²) in [4.78, 5) is 0. The van der Waals surface area contributed by atoms with Crippen LogP contribution in [0.5, 0.6) is 0 Å². The second-order valence-electron chi connectivity index (χ2n) is 0. The zero-order valence-corrected chi connectivity index (χ0v) is 12.8. The number of hydrogen-bond acceptors (Lipinski definition) is 0. The Morgan fingerprint density at radius 2 is 0.250 bits per heavy atom. The van der Waals surface area contributed by atoms with Crippen LogP contribution in [0.1, 0.15) is 0 Å². The zero-order valence-electron chi connectivity index (χ0n) is 3.11. The normalized spacial score (nSPS) is 0.